The number of benzene rings is 1. The lowest BCUT2D eigenvalue weighted by Gasteiger charge is -2.19. The van der Waals surface area contributed by atoms with E-state index in [0.717, 1.165) is 0 Å². The Kier molecular flexibility index (Phi) is 4.09. The van der Waals surface area contributed by atoms with E-state index in [4.69, 9.17) is 26.6 Å². The number of alkyl halides is 1. The molecule has 0 saturated heterocycles. The second-order valence-corrected chi connectivity index (χ2v) is 4.93. The second kappa shape index (κ2) is 4.96. The van der Waals surface area contributed by atoms with Crippen molar-refractivity contribution in [2.75, 3.05) is 6.61 Å². The van der Waals surface area contributed by atoms with Gasteiger partial charge in [0.1, 0.15) is 0 Å². The fourth-order valence-corrected chi connectivity index (χ4v) is 1.67. The van der Waals surface area contributed by atoms with Crippen LogP contribution in [-0.2, 0) is 14.0 Å². The SMILES string of the molecule is N#CC(Cl)(COP(=O)(O)O)c1ccccc1. The van der Waals surface area contributed by atoms with E-state index in [0.29, 0.717) is 5.56 Å². The minimum Gasteiger partial charge on any atom is -0.303 e. The van der Waals surface area contributed by atoms with Crippen molar-refractivity contribution in [1.82, 2.24) is 0 Å². The summed E-state index contributed by atoms with van der Waals surface area (Å²) in [6.45, 7) is -0.584. The van der Waals surface area contributed by atoms with Crippen LogP contribution < -0.4 is 0 Å². The van der Waals surface area contributed by atoms with Gasteiger partial charge in [-0.15, -0.1) is 0 Å². The lowest BCUT2D eigenvalue weighted by molar-refractivity contribution is 0.187. The maximum atomic E-state index is 10.5. The van der Waals surface area contributed by atoms with Crippen LogP contribution >= 0.6 is 19.4 Å². The molecule has 16 heavy (non-hydrogen) atoms. The van der Waals surface area contributed by atoms with Gasteiger partial charge in [-0.25, -0.2) is 4.57 Å². The molecular weight excluding hydrogens is 253 g/mol. The second-order valence-electron chi connectivity index (χ2n) is 3.04. The normalized spacial score (nSPS) is 15.1. The molecule has 1 rings (SSSR count). The summed E-state index contributed by atoms with van der Waals surface area (Å²) in [7, 11) is -4.63. The van der Waals surface area contributed by atoms with E-state index >= 15 is 0 Å². The zero-order valence-electron chi connectivity index (χ0n) is 8.08. The topological polar surface area (TPSA) is 90.5 Å². The Morgan fingerprint density at radius 2 is 2.00 bits per heavy atom. The van der Waals surface area contributed by atoms with Gasteiger partial charge in [0, 0.05) is 0 Å². The van der Waals surface area contributed by atoms with Crippen molar-refractivity contribution in [2.24, 2.45) is 0 Å². The van der Waals surface area contributed by atoms with E-state index < -0.39 is 19.3 Å². The molecule has 5 nitrogen and oxygen atoms in total. The van der Waals surface area contributed by atoms with Gasteiger partial charge in [0.2, 0.25) is 0 Å². The van der Waals surface area contributed by atoms with Gasteiger partial charge in [0.15, 0.2) is 4.87 Å². The van der Waals surface area contributed by atoms with Gasteiger partial charge < -0.3 is 9.79 Å². The van der Waals surface area contributed by atoms with Crippen LogP contribution in [0.25, 0.3) is 0 Å². The predicted molar refractivity (Wildman–Crippen MR) is 57.6 cm³/mol. The molecule has 86 valence electrons. The first kappa shape index (κ1) is 13.2. The lowest BCUT2D eigenvalue weighted by Crippen LogP contribution is -2.22. The molecule has 0 radical (unpaired) electrons. The monoisotopic (exact) mass is 261 g/mol. The highest BCUT2D eigenvalue weighted by Gasteiger charge is 2.33. The van der Waals surface area contributed by atoms with Gasteiger partial charge in [0.05, 0.1) is 12.7 Å². The third-order valence-electron chi connectivity index (χ3n) is 1.84. The summed E-state index contributed by atoms with van der Waals surface area (Å²) in [4.78, 5) is 15.5. The lowest BCUT2D eigenvalue weighted by atomic mass is 10.0. The van der Waals surface area contributed by atoms with Gasteiger partial charge in [-0.1, -0.05) is 41.9 Å². The quantitative estimate of drug-likeness (QED) is 0.636. The Hall–Kier alpha value is -0.890. The number of halogens is 1. The van der Waals surface area contributed by atoms with Crippen molar-refractivity contribution in [3.8, 4) is 6.07 Å². The number of nitriles is 1. The van der Waals surface area contributed by atoms with Gasteiger partial charge >= 0.3 is 7.82 Å². The molecule has 1 aromatic carbocycles. The molecule has 0 bridgehead atoms. The maximum absolute atomic E-state index is 10.5. The Bertz CT molecular complexity index is 441. The van der Waals surface area contributed by atoms with Crippen LogP contribution in [0.2, 0.25) is 0 Å². The van der Waals surface area contributed by atoms with E-state index in [1.54, 1.807) is 36.4 Å². The summed E-state index contributed by atoms with van der Waals surface area (Å²) in [5.41, 5.74) is 0.424. The van der Waals surface area contributed by atoms with Crippen molar-refractivity contribution >= 4 is 19.4 Å². The number of hydrogen-bond acceptors (Lipinski definition) is 3. The molecule has 1 unspecified atom stereocenters. The number of hydrogen-bond donors (Lipinski definition) is 2. The van der Waals surface area contributed by atoms with E-state index in [2.05, 4.69) is 4.52 Å². The van der Waals surface area contributed by atoms with Gasteiger partial charge in [0.25, 0.3) is 0 Å². The minimum absolute atomic E-state index is 0.424. The van der Waals surface area contributed by atoms with Crippen LogP contribution in [0.3, 0.4) is 0 Å². The van der Waals surface area contributed by atoms with E-state index in [-0.39, 0.29) is 0 Å². The molecular formula is C9H9ClNO4P. The standard InChI is InChI=1S/C9H9ClNO4P/c10-9(6-11,7-15-16(12,13)14)8-4-2-1-3-5-8/h1-5H,7H2,(H2,12,13,14). The van der Waals surface area contributed by atoms with Crippen molar-refractivity contribution < 1.29 is 18.9 Å². The van der Waals surface area contributed by atoms with Crippen LogP contribution in [0, 0.1) is 11.3 Å². The first-order valence-corrected chi connectivity index (χ1v) is 6.14. The number of phosphoric acid groups is 1. The molecule has 0 saturated carbocycles. The Labute approximate surface area is 97.5 Å². The van der Waals surface area contributed by atoms with Crippen molar-refractivity contribution in [1.29, 1.82) is 5.26 Å². The van der Waals surface area contributed by atoms with Crippen LogP contribution in [0.1, 0.15) is 5.56 Å². The summed E-state index contributed by atoms with van der Waals surface area (Å²) in [5.74, 6) is 0. The third kappa shape index (κ3) is 3.60. The average molecular weight is 262 g/mol. The highest BCUT2D eigenvalue weighted by atomic mass is 35.5. The smallest absolute Gasteiger partial charge is 0.303 e. The van der Waals surface area contributed by atoms with E-state index in [1.807, 2.05) is 0 Å². The first-order valence-electron chi connectivity index (χ1n) is 4.23. The number of phosphoric ester groups is 1. The Balaban J connectivity index is 2.88. The summed E-state index contributed by atoms with van der Waals surface area (Å²) < 4.78 is 14.8. The number of nitrogens with zero attached hydrogens (tertiary/aromatic N) is 1. The highest BCUT2D eigenvalue weighted by molar-refractivity contribution is 7.46. The average Bonchev–Trinajstić information content (AvgIpc) is 2.26. The highest BCUT2D eigenvalue weighted by Crippen LogP contribution is 2.40. The molecule has 2 N–H and O–H groups in total. The summed E-state index contributed by atoms with van der Waals surface area (Å²) in [6, 6.07) is 10.0. The molecule has 1 aromatic rings. The van der Waals surface area contributed by atoms with Gasteiger partial charge in [-0.3, -0.25) is 4.52 Å². The molecule has 0 fully saturated rings. The van der Waals surface area contributed by atoms with Gasteiger partial charge in [-0.05, 0) is 5.56 Å². The van der Waals surface area contributed by atoms with Crippen molar-refractivity contribution in [3.63, 3.8) is 0 Å². The first-order chi connectivity index (χ1) is 7.37. The molecule has 1 atom stereocenters. The Morgan fingerprint density at radius 3 is 2.44 bits per heavy atom. The summed E-state index contributed by atoms with van der Waals surface area (Å²) in [5, 5.41) is 8.92. The molecule has 0 aliphatic carbocycles. The molecule has 0 aliphatic rings. The predicted octanol–water partition coefficient (Wildman–Crippen LogP) is 1.75. The fraction of sp³-hybridized carbons (Fsp3) is 0.222. The maximum Gasteiger partial charge on any atom is 0.469 e. The van der Waals surface area contributed by atoms with Crippen LogP contribution in [-0.4, -0.2) is 16.4 Å². The largest absolute Gasteiger partial charge is 0.469 e. The summed E-state index contributed by atoms with van der Waals surface area (Å²) in [6.07, 6.45) is 0. The number of rotatable bonds is 4. The van der Waals surface area contributed by atoms with Crippen molar-refractivity contribution in [2.45, 2.75) is 4.87 Å². The van der Waals surface area contributed by atoms with Crippen LogP contribution in [0.5, 0.6) is 0 Å². The molecule has 0 amide bonds. The third-order valence-corrected chi connectivity index (χ3v) is 2.72. The minimum atomic E-state index is -4.63. The fourth-order valence-electron chi connectivity index (χ4n) is 1.06. The van der Waals surface area contributed by atoms with Crippen molar-refractivity contribution in [3.05, 3.63) is 35.9 Å². The van der Waals surface area contributed by atoms with E-state index in [9.17, 15) is 4.57 Å². The zero-order chi connectivity index (χ0) is 12.2. The van der Waals surface area contributed by atoms with E-state index in [1.165, 1.54) is 0 Å². The molecule has 7 heteroatoms. The van der Waals surface area contributed by atoms with Gasteiger partial charge in [-0.2, -0.15) is 5.26 Å². The zero-order valence-corrected chi connectivity index (χ0v) is 9.73. The Morgan fingerprint density at radius 1 is 1.44 bits per heavy atom. The molecule has 0 heterocycles. The van der Waals surface area contributed by atoms with Crippen LogP contribution in [0.15, 0.2) is 30.3 Å². The molecule has 0 aromatic heterocycles. The molecule has 0 aliphatic heterocycles. The molecule has 0 spiro atoms. The van der Waals surface area contributed by atoms with Crippen LogP contribution in [0.4, 0.5) is 0 Å². The summed E-state index contributed by atoms with van der Waals surface area (Å²) >= 11 is 5.93.